The minimum atomic E-state index is 1.19. The molecule has 0 unspecified atom stereocenters. The predicted octanol–water partition coefficient (Wildman–Crippen LogP) is 4.05. The number of hydrogen-bond acceptors (Lipinski definition) is 1. The van der Waals surface area contributed by atoms with E-state index in [4.69, 9.17) is 0 Å². The molecule has 0 N–H and O–H groups in total. The Balaban J connectivity index is 2.31. The van der Waals surface area contributed by atoms with Crippen LogP contribution in [0.4, 0.5) is 0 Å². The van der Waals surface area contributed by atoms with Crippen LogP contribution in [0.15, 0.2) is 12.1 Å². The third-order valence-electron chi connectivity index (χ3n) is 2.56. The van der Waals surface area contributed by atoms with Crippen molar-refractivity contribution in [2.75, 3.05) is 0 Å². The van der Waals surface area contributed by atoms with Gasteiger partial charge in [0.15, 0.2) is 0 Å². The molecule has 0 atom stereocenters. The van der Waals surface area contributed by atoms with Crippen molar-refractivity contribution in [2.45, 2.75) is 39.0 Å². The van der Waals surface area contributed by atoms with Crippen molar-refractivity contribution in [3.63, 3.8) is 0 Å². The van der Waals surface area contributed by atoms with E-state index in [0.29, 0.717) is 0 Å². The molecule has 0 aliphatic heterocycles. The van der Waals surface area contributed by atoms with Crippen LogP contribution in [-0.4, -0.2) is 0 Å². The molecule has 1 aliphatic carbocycles. The summed E-state index contributed by atoms with van der Waals surface area (Å²) in [5.74, 6) is 0. The van der Waals surface area contributed by atoms with Crippen LogP contribution in [0.3, 0.4) is 0 Å². The number of thiophene rings is 1. The lowest BCUT2D eigenvalue weighted by molar-refractivity contribution is 0.751. The van der Waals surface area contributed by atoms with E-state index < -0.39 is 0 Å². The summed E-state index contributed by atoms with van der Waals surface area (Å²) in [4.78, 5) is 3.14. The van der Waals surface area contributed by atoms with Crippen molar-refractivity contribution in [2.24, 2.45) is 0 Å². The molecule has 1 aromatic heterocycles. The molecular weight excluding hydrogens is 176 g/mol. The zero-order valence-corrected chi connectivity index (χ0v) is 8.99. The Labute approximate surface area is 84.3 Å². The normalized spacial score (nSPS) is 18.8. The van der Waals surface area contributed by atoms with Crippen LogP contribution in [0.2, 0.25) is 0 Å². The van der Waals surface area contributed by atoms with Gasteiger partial charge >= 0.3 is 0 Å². The highest BCUT2D eigenvalue weighted by molar-refractivity contribution is 7.12. The molecule has 0 nitrogen and oxygen atoms in total. The van der Waals surface area contributed by atoms with E-state index in [-0.39, 0.29) is 0 Å². The minimum absolute atomic E-state index is 1.19. The van der Waals surface area contributed by atoms with E-state index in [0.717, 1.165) is 0 Å². The van der Waals surface area contributed by atoms with Crippen molar-refractivity contribution in [1.29, 1.82) is 0 Å². The molecule has 0 aromatic carbocycles. The zero-order valence-electron chi connectivity index (χ0n) is 8.18. The largest absolute Gasteiger partial charge is 0.145 e. The van der Waals surface area contributed by atoms with Gasteiger partial charge < -0.3 is 0 Å². The molecule has 0 radical (unpaired) electrons. The lowest BCUT2D eigenvalue weighted by Crippen LogP contribution is -1.86. The van der Waals surface area contributed by atoms with Gasteiger partial charge in [-0.3, -0.25) is 0 Å². The van der Waals surface area contributed by atoms with Gasteiger partial charge in [-0.1, -0.05) is 19.1 Å². The monoisotopic (exact) mass is 192 g/mol. The van der Waals surface area contributed by atoms with Crippen molar-refractivity contribution >= 4 is 17.4 Å². The second kappa shape index (κ2) is 4.10. The molecule has 1 aliphatic rings. The highest BCUT2D eigenvalue weighted by Crippen LogP contribution is 2.27. The maximum absolute atomic E-state index is 2.36. The number of aryl methyl sites for hydroxylation is 2. The molecule has 1 aromatic rings. The molecular formula is C12H16S. The second-order valence-corrected chi connectivity index (χ2v) is 4.81. The molecule has 0 spiro atoms. The quantitative estimate of drug-likeness (QED) is 0.629. The Hall–Kier alpha value is -0.560. The lowest BCUT2D eigenvalue weighted by Gasteiger charge is -2.02. The summed E-state index contributed by atoms with van der Waals surface area (Å²) in [6.45, 7) is 2.24. The van der Waals surface area contributed by atoms with Crippen LogP contribution in [-0.2, 0) is 12.8 Å². The van der Waals surface area contributed by atoms with Gasteiger partial charge in [-0.25, -0.2) is 0 Å². The van der Waals surface area contributed by atoms with E-state index in [1.807, 2.05) is 11.3 Å². The van der Waals surface area contributed by atoms with Crippen LogP contribution in [0.5, 0.6) is 0 Å². The van der Waals surface area contributed by atoms with Crippen molar-refractivity contribution < 1.29 is 0 Å². The predicted molar refractivity (Wildman–Crippen MR) is 60.3 cm³/mol. The molecule has 13 heavy (non-hydrogen) atoms. The van der Waals surface area contributed by atoms with Crippen LogP contribution in [0, 0.1) is 0 Å². The van der Waals surface area contributed by atoms with Gasteiger partial charge in [0.25, 0.3) is 0 Å². The first kappa shape index (κ1) is 9.01. The van der Waals surface area contributed by atoms with Gasteiger partial charge in [0.1, 0.15) is 0 Å². The lowest BCUT2D eigenvalue weighted by atomic mass is 10.1. The Morgan fingerprint density at radius 2 is 2.31 bits per heavy atom. The van der Waals surface area contributed by atoms with Crippen molar-refractivity contribution in [3.8, 4) is 0 Å². The van der Waals surface area contributed by atoms with Crippen molar-refractivity contribution in [3.05, 3.63) is 27.5 Å². The maximum Gasteiger partial charge on any atom is 0.0120 e. The average molecular weight is 192 g/mol. The highest BCUT2D eigenvalue weighted by atomic mass is 32.1. The van der Waals surface area contributed by atoms with Gasteiger partial charge in [-0.15, -0.1) is 11.3 Å². The average Bonchev–Trinajstić information content (AvgIpc) is 2.47. The summed E-state index contributed by atoms with van der Waals surface area (Å²) >= 11 is 2.01. The van der Waals surface area contributed by atoms with Crippen LogP contribution in [0.1, 0.15) is 41.5 Å². The molecule has 2 rings (SSSR count). The number of rotatable bonds is 1. The topological polar surface area (TPSA) is 0 Å². The number of fused-ring (bicyclic) bond motifs is 1. The maximum atomic E-state index is 2.36. The molecule has 70 valence electrons. The van der Waals surface area contributed by atoms with Gasteiger partial charge in [-0.05, 0) is 43.7 Å². The van der Waals surface area contributed by atoms with E-state index in [1.165, 1.54) is 42.5 Å². The van der Waals surface area contributed by atoms with E-state index in [2.05, 4.69) is 25.1 Å². The minimum Gasteiger partial charge on any atom is -0.145 e. The molecule has 0 fully saturated rings. The summed E-state index contributed by atoms with van der Waals surface area (Å²) in [6, 6.07) is 2.36. The van der Waals surface area contributed by atoms with E-state index in [1.54, 1.807) is 4.88 Å². The Morgan fingerprint density at radius 1 is 1.38 bits per heavy atom. The highest BCUT2D eigenvalue weighted by Gasteiger charge is 2.06. The van der Waals surface area contributed by atoms with Gasteiger partial charge in [0.05, 0.1) is 0 Å². The Kier molecular flexibility index (Phi) is 2.84. The molecule has 0 amide bonds. The van der Waals surface area contributed by atoms with Crippen LogP contribution in [0.25, 0.3) is 6.08 Å². The fraction of sp³-hybridized carbons (Fsp3) is 0.500. The molecule has 1 heterocycles. The van der Waals surface area contributed by atoms with E-state index >= 15 is 0 Å². The summed E-state index contributed by atoms with van der Waals surface area (Å²) in [6.07, 6.45) is 11.1. The summed E-state index contributed by atoms with van der Waals surface area (Å²) in [5, 5.41) is 0. The third kappa shape index (κ3) is 2.02. The number of hydrogen-bond donors (Lipinski definition) is 0. The summed E-state index contributed by atoms with van der Waals surface area (Å²) in [5.41, 5.74) is 1.49. The molecule has 1 heteroatoms. The first-order valence-corrected chi connectivity index (χ1v) is 6.00. The van der Waals surface area contributed by atoms with Crippen LogP contribution >= 0.6 is 11.3 Å². The summed E-state index contributed by atoms with van der Waals surface area (Å²) in [7, 11) is 0. The smallest absolute Gasteiger partial charge is 0.0120 e. The van der Waals surface area contributed by atoms with Gasteiger partial charge in [-0.2, -0.15) is 0 Å². The molecule has 0 saturated heterocycles. The Morgan fingerprint density at radius 3 is 3.15 bits per heavy atom. The van der Waals surface area contributed by atoms with Crippen molar-refractivity contribution in [1.82, 2.24) is 0 Å². The third-order valence-corrected chi connectivity index (χ3v) is 3.92. The summed E-state index contributed by atoms with van der Waals surface area (Å²) < 4.78 is 0. The Bertz CT molecular complexity index is 307. The zero-order chi connectivity index (χ0) is 9.10. The fourth-order valence-corrected chi connectivity index (χ4v) is 2.91. The van der Waals surface area contributed by atoms with Gasteiger partial charge in [0.2, 0.25) is 0 Å². The first-order valence-electron chi connectivity index (χ1n) is 5.18. The van der Waals surface area contributed by atoms with Crippen LogP contribution < -0.4 is 0 Å². The standard InChI is InChI=1S/C12H16S/c1-2-11-9-10-7-5-3-4-6-8-12(10)13-11/h5,7,9H,2-4,6,8H2,1H3/b7-5-. The van der Waals surface area contributed by atoms with Gasteiger partial charge in [0, 0.05) is 9.75 Å². The second-order valence-electron chi connectivity index (χ2n) is 3.59. The van der Waals surface area contributed by atoms with E-state index in [9.17, 15) is 0 Å². The molecule has 0 bridgehead atoms. The molecule has 0 saturated carbocycles. The fourth-order valence-electron chi connectivity index (χ4n) is 1.77. The SMILES string of the molecule is CCc1cc2c(s1)CCCC/C=C\2. The number of allylic oxidation sites excluding steroid dienone is 1. The first-order chi connectivity index (χ1) is 6.40.